The Labute approximate surface area is 236 Å². The zero-order valence-electron chi connectivity index (χ0n) is 22.1. The number of nitrogens with one attached hydrogen (secondary N) is 1. The average molecular weight is 564 g/mol. The molecule has 0 bridgehead atoms. The van der Waals surface area contributed by atoms with Crippen LogP contribution in [0.5, 0.6) is 0 Å². The third kappa shape index (κ3) is 9.08. The molecular weight excluding hydrogens is 532 g/mol. The van der Waals surface area contributed by atoms with E-state index in [0.29, 0.717) is 48.0 Å². The molecule has 40 heavy (non-hydrogen) atoms. The van der Waals surface area contributed by atoms with Gasteiger partial charge in [-0.25, -0.2) is 18.7 Å². The van der Waals surface area contributed by atoms with Crippen molar-refractivity contribution in [1.29, 1.82) is 0 Å². The smallest absolute Gasteiger partial charge is 0.277 e. The van der Waals surface area contributed by atoms with Crippen LogP contribution in [0.3, 0.4) is 0 Å². The largest absolute Gasteiger partial charge is 0.356 e. The number of thioether (sulfide) groups is 1. The van der Waals surface area contributed by atoms with Gasteiger partial charge in [0.25, 0.3) is 5.56 Å². The number of hydrogen-bond donors (Lipinski definition) is 1. The Morgan fingerprint density at radius 2 is 1.73 bits per heavy atom. The van der Waals surface area contributed by atoms with Crippen LogP contribution in [0.15, 0.2) is 83.4 Å². The number of nitrogens with zero attached hydrogens (tertiary/aromatic N) is 4. The molecule has 0 saturated carbocycles. The summed E-state index contributed by atoms with van der Waals surface area (Å²) >= 11 is 1.29. The van der Waals surface area contributed by atoms with Gasteiger partial charge in [0.2, 0.25) is 5.91 Å². The quantitative estimate of drug-likeness (QED) is 0.130. The molecule has 2 heterocycles. The summed E-state index contributed by atoms with van der Waals surface area (Å²) in [6.07, 6.45) is 10.5. The lowest BCUT2D eigenvalue weighted by molar-refractivity contribution is -0.121. The highest BCUT2D eigenvalue weighted by Crippen LogP contribution is 2.22. The fourth-order valence-electron chi connectivity index (χ4n) is 4.16. The van der Waals surface area contributed by atoms with Crippen LogP contribution in [-0.2, 0) is 29.9 Å². The molecule has 0 aliphatic carbocycles. The molecule has 0 aliphatic rings. The van der Waals surface area contributed by atoms with Crippen molar-refractivity contribution in [3.63, 3.8) is 0 Å². The molecule has 1 amide bonds. The molecule has 10 heteroatoms. The molecule has 0 radical (unpaired) electrons. The Kier molecular flexibility index (Phi) is 10.9. The van der Waals surface area contributed by atoms with E-state index in [9.17, 15) is 18.4 Å². The molecular formula is C30H31F2N5O2S. The van der Waals surface area contributed by atoms with Crippen molar-refractivity contribution >= 4 is 17.7 Å². The fraction of sp³-hybridized carbons (Fsp3) is 0.300. The van der Waals surface area contributed by atoms with Gasteiger partial charge in [0.05, 0.1) is 0 Å². The van der Waals surface area contributed by atoms with Crippen LogP contribution in [0.25, 0.3) is 0 Å². The molecule has 208 valence electrons. The molecule has 7 nitrogen and oxygen atoms in total. The number of rotatable bonds is 14. The first kappa shape index (κ1) is 29.1. The van der Waals surface area contributed by atoms with E-state index in [-0.39, 0.29) is 11.5 Å². The highest BCUT2D eigenvalue weighted by molar-refractivity contribution is 7.98. The topological polar surface area (TPSA) is 89.8 Å². The molecule has 4 aromatic rings. The van der Waals surface area contributed by atoms with Gasteiger partial charge in [0, 0.05) is 55.8 Å². The number of benzene rings is 2. The van der Waals surface area contributed by atoms with Crippen LogP contribution in [0.1, 0.15) is 47.9 Å². The summed E-state index contributed by atoms with van der Waals surface area (Å²) in [4.78, 5) is 37.3. The van der Waals surface area contributed by atoms with Crippen molar-refractivity contribution in [3.8, 4) is 0 Å². The molecule has 2 aromatic heterocycles. The summed E-state index contributed by atoms with van der Waals surface area (Å²) in [5.74, 6) is -1.44. The van der Waals surface area contributed by atoms with E-state index < -0.39 is 11.6 Å². The third-order valence-electron chi connectivity index (χ3n) is 6.27. The summed E-state index contributed by atoms with van der Waals surface area (Å²) in [5, 5.41) is 3.47. The van der Waals surface area contributed by atoms with Gasteiger partial charge < -0.3 is 9.88 Å². The van der Waals surface area contributed by atoms with E-state index in [0.717, 1.165) is 43.4 Å². The zero-order valence-corrected chi connectivity index (χ0v) is 22.9. The Hall–Kier alpha value is -3.92. The first-order valence-electron chi connectivity index (χ1n) is 13.2. The maximum Gasteiger partial charge on any atom is 0.277 e. The summed E-state index contributed by atoms with van der Waals surface area (Å²) in [5.41, 5.74) is 2.75. The van der Waals surface area contributed by atoms with Crippen LogP contribution >= 0.6 is 11.8 Å². The number of hydrogen-bond acceptors (Lipinski definition) is 6. The second kappa shape index (κ2) is 15.0. The lowest BCUT2D eigenvalue weighted by Crippen LogP contribution is -2.25. The maximum atomic E-state index is 13.7. The predicted molar refractivity (Wildman–Crippen MR) is 151 cm³/mol. The van der Waals surface area contributed by atoms with Gasteiger partial charge in [-0.05, 0) is 48.1 Å². The van der Waals surface area contributed by atoms with Crippen LogP contribution in [0.2, 0.25) is 0 Å². The number of carbonyl (C=O) groups excluding carboxylic acids is 1. The Morgan fingerprint density at radius 1 is 0.925 bits per heavy atom. The molecule has 0 fully saturated rings. The number of halogens is 2. The zero-order chi connectivity index (χ0) is 28.2. The van der Waals surface area contributed by atoms with Gasteiger partial charge in [-0.1, -0.05) is 54.6 Å². The Balaban J connectivity index is 1.33. The highest BCUT2D eigenvalue weighted by Gasteiger charge is 2.12. The minimum absolute atomic E-state index is 0.0381. The van der Waals surface area contributed by atoms with Gasteiger partial charge in [0.1, 0.15) is 6.33 Å². The van der Waals surface area contributed by atoms with E-state index >= 15 is 0 Å². The molecule has 0 aliphatic heterocycles. The van der Waals surface area contributed by atoms with Crippen molar-refractivity contribution in [3.05, 3.63) is 118 Å². The standard InChI is InChI=1S/C30H31F2N5O2S/c31-26-11-10-23(16-27(26)32)20-40-30-36-29(39)25(15-24-17-33-21-34-18-24)19-37(30)14-6-2-5-9-28(38)35-13-12-22-7-3-1-4-8-22/h1,3-4,7-8,10-11,16-19,21H,2,5-6,9,12-15,20H2,(H,35,38). The lowest BCUT2D eigenvalue weighted by atomic mass is 10.1. The average Bonchev–Trinajstić information content (AvgIpc) is 2.96. The van der Waals surface area contributed by atoms with Crippen molar-refractivity contribution < 1.29 is 13.6 Å². The SMILES string of the molecule is O=C(CCCCCn1cc(Cc2cncnc2)c(=O)nc1SCc1ccc(F)c(F)c1)NCCc1ccccc1. The van der Waals surface area contributed by atoms with Crippen LogP contribution in [0, 0.1) is 11.6 Å². The van der Waals surface area contributed by atoms with Crippen molar-refractivity contribution in [2.45, 2.75) is 56.0 Å². The van der Waals surface area contributed by atoms with Crippen LogP contribution in [0.4, 0.5) is 8.78 Å². The van der Waals surface area contributed by atoms with Crippen LogP contribution in [-0.4, -0.2) is 32.0 Å². The normalized spacial score (nSPS) is 10.9. The highest BCUT2D eigenvalue weighted by atomic mass is 32.2. The van der Waals surface area contributed by atoms with Gasteiger partial charge in [0.15, 0.2) is 16.8 Å². The number of aromatic nitrogens is 4. The lowest BCUT2D eigenvalue weighted by Gasteiger charge is -2.14. The maximum absolute atomic E-state index is 13.7. The predicted octanol–water partition coefficient (Wildman–Crippen LogP) is 5.11. The molecule has 1 N–H and O–H groups in total. The first-order chi connectivity index (χ1) is 19.5. The second-order valence-electron chi connectivity index (χ2n) is 9.40. The second-order valence-corrected chi connectivity index (χ2v) is 10.3. The Morgan fingerprint density at radius 3 is 2.50 bits per heavy atom. The van der Waals surface area contributed by atoms with E-state index in [1.54, 1.807) is 18.6 Å². The summed E-state index contributed by atoms with van der Waals surface area (Å²) < 4.78 is 28.9. The minimum atomic E-state index is -0.909. The van der Waals surface area contributed by atoms with Gasteiger partial charge >= 0.3 is 0 Å². The molecule has 2 aromatic carbocycles. The number of unbranched alkanes of at least 4 members (excludes halogenated alkanes) is 2. The van der Waals surface area contributed by atoms with E-state index in [4.69, 9.17) is 0 Å². The minimum Gasteiger partial charge on any atom is -0.356 e. The van der Waals surface area contributed by atoms with Gasteiger partial charge in [-0.15, -0.1) is 0 Å². The molecule has 0 spiro atoms. The fourth-order valence-corrected chi connectivity index (χ4v) is 5.09. The van der Waals surface area contributed by atoms with E-state index in [1.165, 1.54) is 29.7 Å². The van der Waals surface area contributed by atoms with E-state index in [2.05, 4.69) is 20.3 Å². The van der Waals surface area contributed by atoms with E-state index in [1.807, 2.05) is 34.9 Å². The van der Waals surface area contributed by atoms with Crippen LogP contribution < -0.4 is 10.9 Å². The number of aryl methyl sites for hydroxylation is 1. The van der Waals surface area contributed by atoms with Gasteiger partial charge in [-0.3, -0.25) is 9.59 Å². The van der Waals surface area contributed by atoms with Crippen molar-refractivity contribution in [2.24, 2.45) is 0 Å². The summed E-state index contributed by atoms with van der Waals surface area (Å²) in [6.45, 7) is 1.21. The molecule has 4 rings (SSSR count). The molecule has 0 atom stereocenters. The molecule has 0 unspecified atom stereocenters. The number of carbonyl (C=O) groups is 1. The number of amides is 1. The summed E-state index contributed by atoms with van der Waals surface area (Å²) in [6, 6.07) is 13.8. The molecule has 0 saturated heterocycles. The third-order valence-corrected chi connectivity index (χ3v) is 7.33. The van der Waals surface area contributed by atoms with Gasteiger partial charge in [-0.2, -0.15) is 4.98 Å². The Bertz CT molecular complexity index is 1450. The monoisotopic (exact) mass is 563 g/mol. The summed E-state index contributed by atoms with van der Waals surface area (Å²) in [7, 11) is 0. The first-order valence-corrected chi connectivity index (χ1v) is 14.2. The van der Waals surface area contributed by atoms with Crippen molar-refractivity contribution in [2.75, 3.05) is 6.54 Å². The van der Waals surface area contributed by atoms with Crippen molar-refractivity contribution in [1.82, 2.24) is 24.8 Å².